The van der Waals surface area contributed by atoms with Crippen LogP contribution in [0.25, 0.3) is 0 Å². The molecule has 0 saturated carbocycles. The zero-order valence-electron chi connectivity index (χ0n) is 10.5. The minimum Gasteiger partial charge on any atom is -0.393 e. The fraction of sp³-hybridized carbons (Fsp3) is 0.500. The van der Waals surface area contributed by atoms with Gasteiger partial charge in [0.2, 0.25) is 0 Å². The smallest absolute Gasteiger partial charge is 0.319 e. The van der Waals surface area contributed by atoms with Crippen LogP contribution in [-0.2, 0) is 0 Å². The molecule has 0 aliphatic rings. The van der Waals surface area contributed by atoms with E-state index in [2.05, 4.69) is 15.6 Å². The number of nitrogens with zero attached hydrogens (tertiary/aromatic N) is 1. The lowest BCUT2D eigenvalue weighted by Crippen LogP contribution is -2.33. The molecule has 1 aromatic rings. The van der Waals surface area contributed by atoms with Crippen molar-refractivity contribution in [3.63, 3.8) is 0 Å². The second-order valence-electron chi connectivity index (χ2n) is 4.39. The molecule has 100 valence electrons. The van der Waals surface area contributed by atoms with Gasteiger partial charge in [0.25, 0.3) is 0 Å². The van der Waals surface area contributed by atoms with Crippen LogP contribution in [0.3, 0.4) is 0 Å². The summed E-state index contributed by atoms with van der Waals surface area (Å²) in [4.78, 5) is 15.4. The molecule has 18 heavy (non-hydrogen) atoms. The molecule has 0 unspecified atom stereocenters. The number of urea groups is 1. The van der Waals surface area contributed by atoms with Gasteiger partial charge in [-0.2, -0.15) is 0 Å². The second-order valence-corrected chi connectivity index (χ2v) is 4.78. The van der Waals surface area contributed by atoms with Crippen LogP contribution in [0.5, 0.6) is 0 Å². The van der Waals surface area contributed by atoms with Crippen molar-refractivity contribution in [1.29, 1.82) is 0 Å². The zero-order valence-corrected chi connectivity index (χ0v) is 11.2. The molecule has 3 N–H and O–H groups in total. The number of hydrogen-bond donors (Lipinski definition) is 3. The Morgan fingerprint density at radius 3 is 2.89 bits per heavy atom. The fourth-order valence-corrected chi connectivity index (χ4v) is 1.76. The molecule has 0 saturated heterocycles. The lowest BCUT2D eigenvalue weighted by Gasteiger charge is -2.14. The third-order valence-corrected chi connectivity index (χ3v) is 2.55. The van der Waals surface area contributed by atoms with Crippen LogP contribution in [0.2, 0.25) is 5.15 Å². The number of rotatable bonds is 5. The molecule has 1 heterocycles. The van der Waals surface area contributed by atoms with E-state index in [4.69, 9.17) is 11.6 Å². The Balaban J connectivity index is 2.34. The van der Waals surface area contributed by atoms with Crippen LogP contribution in [0.15, 0.2) is 18.3 Å². The highest BCUT2D eigenvalue weighted by molar-refractivity contribution is 6.29. The largest absolute Gasteiger partial charge is 0.393 e. The van der Waals surface area contributed by atoms with Gasteiger partial charge in [-0.05, 0) is 31.4 Å². The van der Waals surface area contributed by atoms with E-state index in [0.717, 1.165) is 0 Å². The Hall–Kier alpha value is -1.33. The zero-order chi connectivity index (χ0) is 13.5. The van der Waals surface area contributed by atoms with Crippen LogP contribution in [-0.4, -0.2) is 28.8 Å². The second kappa shape index (κ2) is 7.18. The summed E-state index contributed by atoms with van der Waals surface area (Å²) >= 11 is 5.70. The average molecular weight is 272 g/mol. The highest BCUT2D eigenvalue weighted by atomic mass is 35.5. The maximum atomic E-state index is 11.6. The van der Waals surface area contributed by atoms with Gasteiger partial charge in [-0.25, -0.2) is 9.78 Å². The van der Waals surface area contributed by atoms with Crippen molar-refractivity contribution >= 4 is 23.3 Å². The Labute approximate surface area is 112 Å². The number of anilines is 1. The maximum Gasteiger partial charge on any atom is 0.319 e. The monoisotopic (exact) mass is 271 g/mol. The van der Waals surface area contributed by atoms with E-state index in [1.807, 2.05) is 6.92 Å². The van der Waals surface area contributed by atoms with Crippen LogP contribution in [0, 0.1) is 5.92 Å². The molecule has 1 aromatic heterocycles. The number of hydrogen-bond acceptors (Lipinski definition) is 3. The van der Waals surface area contributed by atoms with Crippen molar-refractivity contribution in [3.8, 4) is 0 Å². The summed E-state index contributed by atoms with van der Waals surface area (Å²) < 4.78 is 0. The van der Waals surface area contributed by atoms with Gasteiger partial charge in [-0.15, -0.1) is 0 Å². The van der Waals surface area contributed by atoms with Crippen LogP contribution >= 0.6 is 11.6 Å². The number of amides is 2. The van der Waals surface area contributed by atoms with Crippen molar-refractivity contribution in [2.45, 2.75) is 26.4 Å². The van der Waals surface area contributed by atoms with Crippen molar-refractivity contribution in [3.05, 3.63) is 23.5 Å². The molecular formula is C12H18ClN3O2. The third-order valence-electron chi connectivity index (χ3n) is 2.34. The molecule has 1 rings (SSSR count). The van der Waals surface area contributed by atoms with Gasteiger partial charge in [0, 0.05) is 18.4 Å². The highest BCUT2D eigenvalue weighted by Gasteiger charge is 2.08. The Kier molecular flexibility index (Phi) is 5.88. The van der Waals surface area contributed by atoms with E-state index < -0.39 is 0 Å². The molecule has 0 bridgehead atoms. The minimum absolute atomic E-state index is 0.219. The van der Waals surface area contributed by atoms with Crippen LogP contribution in [0.1, 0.15) is 20.3 Å². The molecular weight excluding hydrogens is 254 g/mol. The first kappa shape index (κ1) is 14.7. The van der Waals surface area contributed by atoms with Gasteiger partial charge in [-0.1, -0.05) is 18.5 Å². The molecule has 2 amide bonds. The van der Waals surface area contributed by atoms with E-state index in [9.17, 15) is 9.90 Å². The molecule has 0 aliphatic carbocycles. The maximum absolute atomic E-state index is 11.6. The molecule has 0 aliphatic heterocycles. The number of nitrogens with one attached hydrogen (secondary N) is 2. The minimum atomic E-state index is -0.358. The lowest BCUT2D eigenvalue weighted by atomic mass is 10.1. The highest BCUT2D eigenvalue weighted by Crippen LogP contribution is 2.11. The van der Waals surface area contributed by atoms with Gasteiger partial charge < -0.3 is 15.7 Å². The SMILES string of the molecule is C[C@@H](CNC(=O)Nc1ccnc(Cl)c1)C[C@H](C)O. The van der Waals surface area contributed by atoms with Gasteiger partial charge in [-0.3, -0.25) is 0 Å². The van der Waals surface area contributed by atoms with Gasteiger partial charge in [0.15, 0.2) is 0 Å². The quantitative estimate of drug-likeness (QED) is 0.719. The first-order valence-electron chi connectivity index (χ1n) is 5.82. The van der Waals surface area contributed by atoms with Gasteiger partial charge >= 0.3 is 6.03 Å². The predicted octanol–water partition coefficient (Wildman–Crippen LogP) is 2.26. The van der Waals surface area contributed by atoms with Crippen molar-refractivity contribution < 1.29 is 9.90 Å². The third kappa shape index (κ3) is 5.84. The number of aliphatic hydroxyl groups is 1. The summed E-state index contributed by atoms with van der Waals surface area (Å²) in [5.41, 5.74) is 0.593. The lowest BCUT2D eigenvalue weighted by molar-refractivity contribution is 0.163. The predicted molar refractivity (Wildman–Crippen MR) is 71.7 cm³/mol. The van der Waals surface area contributed by atoms with Crippen molar-refractivity contribution in [2.75, 3.05) is 11.9 Å². The number of pyridine rings is 1. The first-order valence-corrected chi connectivity index (χ1v) is 6.19. The van der Waals surface area contributed by atoms with Crippen LogP contribution < -0.4 is 10.6 Å². The summed E-state index contributed by atoms with van der Waals surface area (Å²) in [7, 11) is 0. The molecule has 0 spiro atoms. The van der Waals surface area contributed by atoms with Crippen molar-refractivity contribution in [1.82, 2.24) is 10.3 Å². The molecule has 0 fully saturated rings. The van der Waals surface area contributed by atoms with E-state index >= 15 is 0 Å². The standard InChI is InChI=1S/C12H18ClN3O2/c1-8(5-9(2)17)7-15-12(18)16-10-3-4-14-11(13)6-10/h3-4,6,8-9,17H,5,7H2,1-2H3,(H2,14,15,16,18)/t8-,9+/m1/s1. The number of halogens is 1. The fourth-order valence-electron chi connectivity index (χ4n) is 1.59. The molecule has 5 nitrogen and oxygen atoms in total. The van der Waals surface area contributed by atoms with Crippen molar-refractivity contribution in [2.24, 2.45) is 5.92 Å². The van der Waals surface area contributed by atoms with Crippen LogP contribution in [0.4, 0.5) is 10.5 Å². The van der Waals surface area contributed by atoms with E-state index in [0.29, 0.717) is 23.8 Å². The summed E-state index contributed by atoms with van der Waals surface area (Å²) in [5, 5.41) is 14.9. The molecule has 0 radical (unpaired) electrons. The van der Waals surface area contributed by atoms with E-state index in [1.165, 1.54) is 6.20 Å². The first-order chi connectivity index (χ1) is 8.47. The summed E-state index contributed by atoms with van der Waals surface area (Å²) in [6, 6.07) is 2.93. The normalized spacial score (nSPS) is 13.8. The molecule has 0 aromatic carbocycles. The molecule has 6 heteroatoms. The number of carbonyl (C=O) groups is 1. The number of aliphatic hydroxyl groups excluding tert-OH is 1. The van der Waals surface area contributed by atoms with E-state index in [1.54, 1.807) is 19.1 Å². The topological polar surface area (TPSA) is 74.2 Å². The summed E-state index contributed by atoms with van der Waals surface area (Å²) in [6.45, 7) is 4.21. The Bertz CT molecular complexity index is 399. The Morgan fingerprint density at radius 2 is 2.28 bits per heavy atom. The molecule has 2 atom stereocenters. The summed E-state index contributed by atoms with van der Waals surface area (Å²) in [6.07, 6.45) is 1.82. The number of carbonyl (C=O) groups excluding carboxylic acids is 1. The van der Waals surface area contributed by atoms with E-state index in [-0.39, 0.29) is 18.1 Å². The average Bonchev–Trinajstić information content (AvgIpc) is 2.25. The number of aromatic nitrogens is 1. The Morgan fingerprint density at radius 1 is 1.56 bits per heavy atom. The van der Waals surface area contributed by atoms with Gasteiger partial charge in [0.1, 0.15) is 5.15 Å². The summed E-state index contributed by atoms with van der Waals surface area (Å²) in [5.74, 6) is 0.219. The van der Waals surface area contributed by atoms with Gasteiger partial charge in [0.05, 0.1) is 6.10 Å².